The number of hydrogen-bond donors (Lipinski definition) is 0. The topological polar surface area (TPSA) is 78.8 Å². The zero-order chi connectivity index (χ0) is 13.3. The minimum atomic E-state index is -0.387. The van der Waals surface area contributed by atoms with Crippen molar-refractivity contribution in [2.24, 2.45) is 7.05 Å². The summed E-state index contributed by atoms with van der Waals surface area (Å²) >= 11 is 2.11. The first-order chi connectivity index (χ1) is 8.54. The Balaban J connectivity index is 2.62. The van der Waals surface area contributed by atoms with Crippen molar-refractivity contribution in [2.45, 2.75) is 19.8 Å². The lowest BCUT2D eigenvalue weighted by Crippen LogP contribution is -2.05. The zero-order valence-electron chi connectivity index (χ0n) is 10.00. The third kappa shape index (κ3) is 2.24. The van der Waals surface area contributed by atoms with Crippen molar-refractivity contribution in [2.75, 3.05) is 0 Å². The molecule has 0 saturated heterocycles. The van der Waals surface area contributed by atoms with Crippen LogP contribution in [0.1, 0.15) is 19.0 Å². The number of nitrogens with zero attached hydrogens (tertiary/aromatic N) is 5. The Labute approximate surface area is 117 Å². The van der Waals surface area contributed by atoms with Gasteiger partial charge in [-0.3, -0.25) is 10.1 Å². The maximum atomic E-state index is 11.2. The molecule has 8 heteroatoms. The molecule has 0 N–H and O–H groups in total. The van der Waals surface area contributed by atoms with Crippen molar-refractivity contribution < 1.29 is 4.92 Å². The molecule has 0 spiro atoms. The second kappa shape index (κ2) is 5.04. The van der Waals surface area contributed by atoms with Crippen molar-refractivity contribution >= 4 is 28.3 Å². The molecule has 0 fully saturated rings. The molecule has 0 aliphatic rings. The van der Waals surface area contributed by atoms with Gasteiger partial charge in [0.25, 0.3) is 0 Å². The lowest BCUT2D eigenvalue weighted by atomic mass is 10.2. The molecule has 0 aliphatic carbocycles. The molecule has 2 aromatic rings. The van der Waals surface area contributed by atoms with Crippen molar-refractivity contribution in [3.05, 3.63) is 31.8 Å². The summed E-state index contributed by atoms with van der Waals surface area (Å²) in [5.41, 5.74) is 0.546. The SMILES string of the molecule is CCCc1nn(C)c(-n2cc(I)cn2)c1[N+](=O)[O-]. The normalized spacial score (nSPS) is 10.8. The van der Waals surface area contributed by atoms with E-state index in [2.05, 4.69) is 32.8 Å². The van der Waals surface area contributed by atoms with Crippen LogP contribution in [0.15, 0.2) is 12.4 Å². The molecule has 0 unspecified atom stereocenters. The minimum Gasteiger partial charge on any atom is -0.258 e. The summed E-state index contributed by atoms with van der Waals surface area (Å²) in [6.45, 7) is 1.97. The smallest absolute Gasteiger partial charge is 0.258 e. The second-order valence-corrected chi connectivity index (χ2v) is 5.10. The number of aryl methyl sites for hydroxylation is 2. The average molecular weight is 361 g/mol. The van der Waals surface area contributed by atoms with Gasteiger partial charge >= 0.3 is 5.69 Å². The summed E-state index contributed by atoms with van der Waals surface area (Å²) in [5, 5.41) is 19.5. The molecular formula is C10H12IN5O2. The van der Waals surface area contributed by atoms with E-state index in [1.807, 2.05) is 6.92 Å². The first-order valence-electron chi connectivity index (χ1n) is 5.45. The van der Waals surface area contributed by atoms with Gasteiger partial charge in [0.15, 0.2) is 0 Å². The van der Waals surface area contributed by atoms with Gasteiger partial charge in [0.05, 0.1) is 14.7 Å². The highest BCUT2D eigenvalue weighted by atomic mass is 127. The fourth-order valence-electron chi connectivity index (χ4n) is 1.82. The van der Waals surface area contributed by atoms with E-state index >= 15 is 0 Å². The number of nitro groups is 1. The van der Waals surface area contributed by atoms with Crippen molar-refractivity contribution in [3.63, 3.8) is 0 Å². The summed E-state index contributed by atoms with van der Waals surface area (Å²) in [4.78, 5) is 10.8. The molecule has 0 aliphatic heterocycles. The summed E-state index contributed by atoms with van der Waals surface area (Å²) < 4.78 is 3.92. The molecular weight excluding hydrogens is 349 g/mol. The van der Waals surface area contributed by atoms with Crippen molar-refractivity contribution in [3.8, 4) is 5.82 Å². The van der Waals surface area contributed by atoms with Gasteiger partial charge in [0.2, 0.25) is 5.82 Å². The highest BCUT2D eigenvalue weighted by Crippen LogP contribution is 2.27. The maximum Gasteiger partial charge on any atom is 0.336 e. The Morgan fingerprint density at radius 1 is 1.56 bits per heavy atom. The zero-order valence-corrected chi connectivity index (χ0v) is 12.2. The van der Waals surface area contributed by atoms with Gasteiger partial charge in [-0.25, -0.2) is 9.36 Å². The Morgan fingerprint density at radius 3 is 2.78 bits per heavy atom. The predicted molar refractivity (Wildman–Crippen MR) is 73.7 cm³/mol. The Morgan fingerprint density at radius 2 is 2.28 bits per heavy atom. The Bertz CT molecular complexity index is 589. The highest BCUT2D eigenvalue weighted by molar-refractivity contribution is 14.1. The molecule has 96 valence electrons. The quantitative estimate of drug-likeness (QED) is 0.475. The molecule has 0 aromatic carbocycles. The summed E-state index contributed by atoms with van der Waals surface area (Å²) in [6.07, 6.45) is 4.79. The molecule has 18 heavy (non-hydrogen) atoms. The van der Waals surface area contributed by atoms with Crippen LogP contribution >= 0.6 is 22.6 Å². The summed E-state index contributed by atoms with van der Waals surface area (Å²) in [7, 11) is 1.69. The van der Waals surface area contributed by atoms with Crippen LogP contribution < -0.4 is 0 Å². The van der Waals surface area contributed by atoms with Crippen LogP contribution in [-0.2, 0) is 13.5 Å². The largest absolute Gasteiger partial charge is 0.336 e. The van der Waals surface area contributed by atoms with Crippen LogP contribution in [0.2, 0.25) is 0 Å². The van der Waals surface area contributed by atoms with Crippen LogP contribution in [0.5, 0.6) is 0 Å². The molecule has 0 amide bonds. The van der Waals surface area contributed by atoms with E-state index in [0.717, 1.165) is 9.99 Å². The van der Waals surface area contributed by atoms with Gasteiger partial charge < -0.3 is 0 Å². The van der Waals surface area contributed by atoms with Gasteiger partial charge in [-0.15, -0.1) is 0 Å². The molecule has 2 heterocycles. The molecule has 0 bridgehead atoms. The molecule has 2 aromatic heterocycles. The first kappa shape index (κ1) is 13.0. The standard InChI is InChI=1S/C10H12IN5O2/c1-3-4-8-9(16(17)18)10(14(2)13-8)15-6-7(11)5-12-15/h5-6H,3-4H2,1-2H3. The molecule has 0 atom stereocenters. The summed E-state index contributed by atoms with van der Waals surface area (Å²) in [5.74, 6) is 0.395. The Kier molecular flexibility index (Phi) is 3.64. The van der Waals surface area contributed by atoms with Crippen LogP contribution in [-0.4, -0.2) is 24.5 Å². The van der Waals surface area contributed by atoms with Crippen LogP contribution in [0.3, 0.4) is 0 Å². The van der Waals surface area contributed by atoms with Crippen molar-refractivity contribution in [1.82, 2.24) is 19.6 Å². The van der Waals surface area contributed by atoms with Gasteiger partial charge in [0, 0.05) is 13.2 Å². The van der Waals surface area contributed by atoms with Gasteiger partial charge in [0.1, 0.15) is 5.69 Å². The minimum absolute atomic E-state index is 0.0406. The third-order valence-electron chi connectivity index (χ3n) is 2.50. The van der Waals surface area contributed by atoms with Gasteiger partial charge in [-0.2, -0.15) is 10.2 Å². The van der Waals surface area contributed by atoms with E-state index in [4.69, 9.17) is 0 Å². The fourth-order valence-corrected chi connectivity index (χ4v) is 2.21. The monoisotopic (exact) mass is 361 g/mol. The number of rotatable bonds is 4. The molecule has 7 nitrogen and oxygen atoms in total. The molecule has 0 radical (unpaired) electrons. The third-order valence-corrected chi connectivity index (χ3v) is 3.06. The van der Waals surface area contributed by atoms with Crippen LogP contribution in [0.25, 0.3) is 5.82 Å². The van der Waals surface area contributed by atoms with Crippen LogP contribution in [0.4, 0.5) is 5.69 Å². The van der Waals surface area contributed by atoms with E-state index in [1.165, 1.54) is 9.36 Å². The van der Waals surface area contributed by atoms with Crippen LogP contribution in [0, 0.1) is 13.7 Å². The predicted octanol–water partition coefficient (Wildman–Crippen LogP) is 2.07. The number of hydrogen-bond acceptors (Lipinski definition) is 4. The lowest BCUT2D eigenvalue weighted by molar-refractivity contribution is -0.385. The van der Waals surface area contributed by atoms with Crippen molar-refractivity contribution in [1.29, 1.82) is 0 Å². The molecule has 0 saturated carbocycles. The maximum absolute atomic E-state index is 11.2. The lowest BCUT2D eigenvalue weighted by Gasteiger charge is -2.00. The van der Waals surface area contributed by atoms with Gasteiger partial charge in [-0.1, -0.05) is 13.3 Å². The number of halogens is 1. The van der Waals surface area contributed by atoms with E-state index < -0.39 is 0 Å². The average Bonchev–Trinajstić information content (AvgIpc) is 2.83. The first-order valence-corrected chi connectivity index (χ1v) is 6.53. The number of aromatic nitrogens is 4. The van der Waals surface area contributed by atoms with E-state index in [9.17, 15) is 10.1 Å². The Hall–Kier alpha value is -1.45. The molecule has 2 rings (SSSR count). The van der Waals surface area contributed by atoms with E-state index in [0.29, 0.717) is 17.9 Å². The fraction of sp³-hybridized carbons (Fsp3) is 0.400. The van der Waals surface area contributed by atoms with E-state index in [-0.39, 0.29) is 10.6 Å². The summed E-state index contributed by atoms with van der Waals surface area (Å²) in [6, 6.07) is 0. The van der Waals surface area contributed by atoms with Gasteiger partial charge in [-0.05, 0) is 29.0 Å². The second-order valence-electron chi connectivity index (χ2n) is 3.85. The highest BCUT2D eigenvalue weighted by Gasteiger charge is 2.27. The van der Waals surface area contributed by atoms with E-state index in [1.54, 1.807) is 19.4 Å².